The van der Waals surface area contributed by atoms with E-state index in [1.165, 1.54) is 51.4 Å². The van der Waals surface area contributed by atoms with Crippen LogP contribution >= 0.6 is 7.82 Å². The maximum Gasteiger partial charge on any atom is 0.472 e. The molecule has 0 bridgehead atoms. The van der Waals surface area contributed by atoms with Gasteiger partial charge >= 0.3 is 19.8 Å². The number of carbonyl (C=O) groups is 2. The molecular formula is C40H71O13P. The first-order valence-electron chi connectivity index (χ1n) is 20.3. The highest BCUT2D eigenvalue weighted by atomic mass is 31.2. The number of phosphoric acid groups is 1. The summed E-state index contributed by atoms with van der Waals surface area (Å²) < 4.78 is 33.2. The van der Waals surface area contributed by atoms with Gasteiger partial charge in [-0.1, -0.05) is 127 Å². The molecule has 0 heterocycles. The van der Waals surface area contributed by atoms with Gasteiger partial charge in [-0.15, -0.1) is 0 Å². The average Bonchev–Trinajstić information content (AvgIpc) is 3.15. The molecule has 0 saturated heterocycles. The second kappa shape index (κ2) is 31.2. The number of hydrogen-bond acceptors (Lipinski definition) is 12. The Morgan fingerprint density at radius 3 is 1.57 bits per heavy atom. The molecule has 314 valence electrons. The largest absolute Gasteiger partial charge is 0.472 e. The van der Waals surface area contributed by atoms with Crippen LogP contribution in [0.2, 0.25) is 0 Å². The van der Waals surface area contributed by atoms with Crippen LogP contribution in [-0.4, -0.2) is 98.3 Å². The SMILES string of the molecule is CCCCCCCC/C=C/C/C=C/C/C=C/CCCC(=O)OC[C@@H](COP(=O)(O)OC1C(O)C(O)C(O)[C@H](O)C1O)OC(=O)CCCCCCCCCC. The van der Waals surface area contributed by atoms with E-state index in [-0.39, 0.29) is 12.8 Å². The first kappa shape index (κ1) is 50.1. The quantitative estimate of drug-likeness (QED) is 0.0183. The van der Waals surface area contributed by atoms with E-state index in [1.807, 2.05) is 12.2 Å². The molecule has 0 aliphatic heterocycles. The van der Waals surface area contributed by atoms with Crippen molar-refractivity contribution in [3.8, 4) is 0 Å². The molecule has 0 radical (unpaired) electrons. The van der Waals surface area contributed by atoms with Gasteiger partial charge < -0.3 is 39.9 Å². The fraction of sp³-hybridized carbons (Fsp3) is 0.800. The number of rotatable bonds is 32. The van der Waals surface area contributed by atoms with Gasteiger partial charge in [-0.3, -0.25) is 18.6 Å². The Kier molecular flexibility index (Phi) is 28.9. The van der Waals surface area contributed by atoms with Crippen LogP contribution in [-0.2, 0) is 32.7 Å². The Labute approximate surface area is 323 Å². The Morgan fingerprint density at radius 1 is 0.574 bits per heavy atom. The summed E-state index contributed by atoms with van der Waals surface area (Å²) in [6.07, 6.45) is 19.6. The fourth-order valence-electron chi connectivity index (χ4n) is 5.89. The lowest BCUT2D eigenvalue weighted by atomic mass is 9.85. The van der Waals surface area contributed by atoms with Gasteiger partial charge in [-0.25, -0.2) is 4.57 Å². The van der Waals surface area contributed by atoms with Gasteiger partial charge in [0.05, 0.1) is 6.61 Å². The van der Waals surface area contributed by atoms with Gasteiger partial charge in [0, 0.05) is 12.8 Å². The highest BCUT2D eigenvalue weighted by Crippen LogP contribution is 2.47. The van der Waals surface area contributed by atoms with Gasteiger partial charge in [0.2, 0.25) is 0 Å². The van der Waals surface area contributed by atoms with Crippen molar-refractivity contribution in [3.63, 3.8) is 0 Å². The van der Waals surface area contributed by atoms with E-state index in [2.05, 4.69) is 38.2 Å². The first-order chi connectivity index (χ1) is 25.9. The number of carbonyl (C=O) groups excluding carboxylic acids is 2. The van der Waals surface area contributed by atoms with Crippen molar-refractivity contribution >= 4 is 19.8 Å². The minimum atomic E-state index is -5.11. The van der Waals surface area contributed by atoms with E-state index in [0.29, 0.717) is 19.3 Å². The van der Waals surface area contributed by atoms with E-state index in [0.717, 1.165) is 51.4 Å². The van der Waals surface area contributed by atoms with Gasteiger partial charge in [-0.05, 0) is 44.9 Å². The van der Waals surface area contributed by atoms with Crippen LogP contribution < -0.4 is 0 Å². The molecule has 13 nitrogen and oxygen atoms in total. The summed E-state index contributed by atoms with van der Waals surface area (Å²) in [5.74, 6) is -1.17. The summed E-state index contributed by atoms with van der Waals surface area (Å²) in [6, 6.07) is 0. The molecule has 14 heteroatoms. The van der Waals surface area contributed by atoms with Gasteiger partial charge in [0.15, 0.2) is 6.10 Å². The molecule has 6 N–H and O–H groups in total. The van der Waals surface area contributed by atoms with Crippen molar-refractivity contribution in [2.24, 2.45) is 0 Å². The number of aliphatic hydroxyl groups excluding tert-OH is 5. The standard InChI is InChI=1S/C40H71O13P/c1-3-5-7-9-11-13-14-15-16-17-18-19-20-21-23-24-26-28-33(41)50-30-32(52-34(42)29-27-25-22-12-10-8-6-4-2)31-51-54(48,49)53-40-38(46)36(44)35(43)37(45)39(40)47/h15-16,18-19,21,23,32,35-40,43-47H,3-14,17,20,22,24-31H2,1-2H3,(H,48,49)/b16-15+,19-18+,23-21+/t32-,35?,36-,37?,38?,39?,40?/m0/s1. The third kappa shape index (κ3) is 23.9. The molecule has 0 spiro atoms. The maximum absolute atomic E-state index is 12.7. The van der Waals surface area contributed by atoms with Crippen molar-refractivity contribution in [3.05, 3.63) is 36.5 Å². The summed E-state index contributed by atoms with van der Waals surface area (Å²) in [5, 5.41) is 49.9. The molecule has 0 aromatic rings. The van der Waals surface area contributed by atoms with Crippen LogP contribution in [0, 0.1) is 0 Å². The number of esters is 2. The van der Waals surface area contributed by atoms with Gasteiger partial charge in [0.1, 0.15) is 43.2 Å². The summed E-state index contributed by atoms with van der Waals surface area (Å²) in [4.78, 5) is 35.4. The normalized spacial score (nSPS) is 23.6. The lowest BCUT2D eigenvalue weighted by molar-refractivity contribution is -0.220. The molecule has 8 atom stereocenters. The molecule has 1 rings (SSSR count). The van der Waals surface area contributed by atoms with E-state index in [4.69, 9.17) is 18.5 Å². The van der Waals surface area contributed by atoms with Crippen LogP contribution in [0.5, 0.6) is 0 Å². The maximum atomic E-state index is 12.7. The van der Waals surface area contributed by atoms with Crippen LogP contribution in [0.1, 0.15) is 149 Å². The zero-order valence-corrected chi connectivity index (χ0v) is 33.7. The summed E-state index contributed by atoms with van der Waals surface area (Å²) in [6.45, 7) is 3.17. The zero-order chi connectivity index (χ0) is 40.0. The van der Waals surface area contributed by atoms with Crippen LogP contribution in [0.15, 0.2) is 36.5 Å². The van der Waals surface area contributed by atoms with Gasteiger partial charge in [0.25, 0.3) is 0 Å². The van der Waals surface area contributed by atoms with Gasteiger partial charge in [-0.2, -0.15) is 0 Å². The number of allylic oxidation sites excluding steroid dienone is 6. The minimum Gasteiger partial charge on any atom is -0.462 e. The Bertz CT molecular complexity index is 1100. The van der Waals surface area contributed by atoms with E-state index in [9.17, 15) is 44.6 Å². The van der Waals surface area contributed by atoms with Crippen molar-refractivity contribution in [1.82, 2.24) is 0 Å². The molecule has 0 aromatic carbocycles. The second-order valence-corrected chi connectivity index (χ2v) is 15.5. The molecule has 1 aliphatic carbocycles. The zero-order valence-electron chi connectivity index (χ0n) is 32.8. The molecule has 1 aliphatic rings. The number of aliphatic hydroxyl groups is 5. The van der Waals surface area contributed by atoms with Crippen molar-refractivity contribution in [2.45, 2.75) is 191 Å². The highest BCUT2D eigenvalue weighted by Gasteiger charge is 2.51. The molecule has 0 aromatic heterocycles. The second-order valence-electron chi connectivity index (χ2n) is 14.1. The van der Waals surface area contributed by atoms with E-state index >= 15 is 0 Å². The Morgan fingerprint density at radius 2 is 1.02 bits per heavy atom. The lowest BCUT2D eigenvalue weighted by Gasteiger charge is -2.41. The molecule has 1 fully saturated rings. The Hall–Kier alpha value is -1.93. The van der Waals surface area contributed by atoms with Crippen LogP contribution in [0.4, 0.5) is 0 Å². The third-order valence-corrected chi connectivity index (χ3v) is 10.2. The lowest BCUT2D eigenvalue weighted by Crippen LogP contribution is -2.64. The number of hydrogen-bond donors (Lipinski definition) is 6. The molecule has 1 saturated carbocycles. The predicted octanol–water partition coefficient (Wildman–Crippen LogP) is 6.66. The molecule has 54 heavy (non-hydrogen) atoms. The van der Waals surface area contributed by atoms with Crippen molar-refractivity contribution in [2.75, 3.05) is 13.2 Å². The minimum absolute atomic E-state index is 0.0860. The third-order valence-electron chi connectivity index (χ3n) is 9.23. The van der Waals surface area contributed by atoms with E-state index < -0.39 is 75.7 Å². The summed E-state index contributed by atoms with van der Waals surface area (Å²) in [7, 11) is -5.11. The molecular weight excluding hydrogens is 719 g/mol. The van der Waals surface area contributed by atoms with Crippen molar-refractivity contribution < 1.29 is 63.1 Å². The van der Waals surface area contributed by atoms with Crippen molar-refractivity contribution in [1.29, 1.82) is 0 Å². The smallest absolute Gasteiger partial charge is 0.462 e. The summed E-state index contributed by atoms with van der Waals surface area (Å²) >= 11 is 0. The van der Waals surface area contributed by atoms with Crippen LogP contribution in [0.25, 0.3) is 0 Å². The highest BCUT2D eigenvalue weighted by molar-refractivity contribution is 7.47. The number of ether oxygens (including phenoxy) is 2. The predicted molar refractivity (Wildman–Crippen MR) is 207 cm³/mol. The fourth-order valence-corrected chi connectivity index (χ4v) is 6.86. The van der Waals surface area contributed by atoms with Crippen LogP contribution in [0.3, 0.4) is 0 Å². The monoisotopic (exact) mass is 790 g/mol. The molecule has 6 unspecified atom stereocenters. The summed E-state index contributed by atoms with van der Waals surface area (Å²) in [5.41, 5.74) is 0. The Balaban J connectivity index is 2.52. The first-order valence-corrected chi connectivity index (χ1v) is 21.8. The molecule has 0 amide bonds. The average molecular weight is 791 g/mol. The topological polar surface area (TPSA) is 210 Å². The number of unbranched alkanes of at least 4 members (excludes halogenated alkanes) is 14. The van der Waals surface area contributed by atoms with E-state index in [1.54, 1.807) is 0 Å². The number of phosphoric ester groups is 1.